The molecular weight excluding hydrogens is 346 g/mol. The third-order valence-corrected chi connectivity index (χ3v) is 9.07. The van der Waals surface area contributed by atoms with Crippen molar-refractivity contribution in [2.24, 2.45) is 0 Å². The second kappa shape index (κ2) is 6.87. The Bertz CT molecular complexity index is 583. The van der Waals surface area contributed by atoms with E-state index in [-0.39, 0.29) is 27.4 Å². The summed E-state index contributed by atoms with van der Waals surface area (Å²) in [6, 6.07) is 1.24. The van der Waals surface area contributed by atoms with Gasteiger partial charge in [0.1, 0.15) is 0 Å². The van der Waals surface area contributed by atoms with Crippen molar-refractivity contribution in [3.8, 4) is 5.75 Å². The molecule has 0 amide bonds. The molecule has 0 fully saturated rings. The summed E-state index contributed by atoms with van der Waals surface area (Å²) in [6.07, 6.45) is 0. The van der Waals surface area contributed by atoms with E-state index in [4.69, 9.17) is 32.4 Å². The number of ether oxygens (including phenoxy) is 1. The van der Waals surface area contributed by atoms with Crippen LogP contribution in [0.1, 0.15) is 33.3 Å². The standard InChI is InChI=1S/C15H21Cl2FO3Si/c1-9(19)21-12-7-11(16)10(13(17)14(12)18)8-20-22(5,6)15(2,3)4/h7H,8H2,1-6H3. The van der Waals surface area contributed by atoms with Crippen molar-refractivity contribution in [1.82, 2.24) is 0 Å². The Morgan fingerprint density at radius 1 is 1.32 bits per heavy atom. The molecule has 0 unspecified atom stereocenters. The minimum Gasteiger partial charge on any atom is -0.423 e. The van der Waals surface area contributed by atoms with Gasteiger partial charge in [0.25, 0.3) is 0 Å². The number of carbonyl (C=O) groups is 1. The van der Waals surface area contributed by atoms with E-state index >= 15 is 0 Å². The van der Waals surface area contributed by atoms with Crippen LogP contribution in [0.15, 0.2) is 6.07 Å². The fourth-order valence-corrected chi connectivity index (χ4v) is 2.93. The predicted octanol–water partition coefficient (Wildman–Crippen LogP) is 5.58. The molecule has 0 saturated heterocycles. The molecule has 0 aromatic heterocycles. The van der Waals surface area contributed by atoms with E-state index in [0.717, 1.165) is 0 Å². The number of rotatable bonds is 4. The number of hydrogen-bond acceptors (Lipinski definition) is 3. The number of benzene rings is 1. The van der Waals surface area contributed by atoms with Crippen LogP contribution in [0.5, 0.6) is 5.75 Å². The topological polar surface area (TPSA) is 35.5 Å². The first-order chi connectivity index (χ1) is 9.86. The van der Waals surface area contributed by atoms with Crippen molar-refractivity contribution in [2.45, 2.75) is 52.4 Å². The molecule has 0 radical (unpaired) electrons. The van der Waals surface area contributed by atoms with E-state index in [1.807, 2.05) is 0 Å². The lowest BCUT2D eigenvalue weighted by molar-refractivity contribution is -0.132. The van der Waals surface area contributed by atoms with E-state index in [2.05, 4.69) is 33.9 Å². The molecule has 1 aromatic carbocycles. The van der Waals surface area contributed by atoms with Gasteiger partial charge in [-0.25, -0.2) is 4.39 Å². The van der Waals surface area contributed by atoms with Gasteiger partial charge in [-0.05, 0) is 18.1 Å². The minimum atomic E-state index is -2.02. The summed E-state index contributed by atoms with van der Waals surface area (Å²) in [5.74, 6) is -1.73. The normalized spacial score (nSPS) is 12.4. The highest BCUT2D eigenvalue weighted by Crippen LogP contribution is 2.39. The van der Waals surface area contributed by atoms with Gasteiger partial charge in [-0.3, -0.25) is 4.79 Å². The van der Waals surface area contributed by atoms with Crippen molar-refractivity contribution in [3.05, 3.63) is 27.5 Å². The molecule has 3 nitrogen and oxygen atoms in total. The van der Waals surface area contributed by atoms with Crippen LogP contribution in [-0.4, -0.2) is 14.3 Å². The predicted molar refractivity (Wildman–Crippen MR) is 89.7 cm³/mol. The van der Waals surface area contributed by atoms with Gasteiger partial charge < -0.3 is 9.16 Å². The number of esters is 1. The second-order valence-electron chi connectivity index (χ2n) is 6.61. The average Bonchev–Trinajstić information content (AvgIpc) is 2.33. The molecule has 22 heavy (non-hydrogen) atoms. The Labute approximate surface area is 141 Å². The molecule has 0 aliphatic rings. The van der Waals surface area contributed by atoms with Crippen LogP contribution < -0.4 is 4.74 Å². The highest BCUT2D eigenvalue weighted by atomic mass is 35.5. The van der Waals surface area contributed by atoms with Crippen molar-refractivity contribution in [1.29, 1.82) is 0 Å². The number of halogens is 3. The second-order valence-corrected chi connectivity index (χ2v) is 12.2. The van der Waals surface area contributed by atoms with E-state index in [0.29, 0.717) is 5.56 Å². The molecule has 0 N–H and O–H groups in total. The van der Waals surface area contributed by atoms with Crippen LogP contribution in [-0.2, 0) is 15.8 Å². The molecule has 0 bridgehead atoms. The average molecular weight is 367 g/mol. The van der Waals surface area contributed by atoms with E-state index in [1.165, 1.54) is 13.0 Å². The number of carbonyl (C=O) groups excluding carboxylic acids is 1. The fraction of sp³-hybridized carbons (Fsp3) is 0.533. The van der Waals surface area contributed by atoms with Crippen molar-refractivity contribution in [3.63, 3.8) is 0 Å². The van der Waals surface area contributed by atoms with E-state index in [1.54, 1.807) is 0 Å². The number of hydrogen-bond donors (Lipinski definition) is 0. The fourth-order valence-electron chi connectivity index (χ4n) is 1.44. The minimum absolute atomic E-state index is 0.0161. The summed E-state index contributed by atoms with van der Waals surface area (Å²) in [7, 11) is -2.02. The van der Waals surface area contributed by atoms with Crippen molar-refractivity contribution < 1.29 is 18.3 Å². The molecule has 0 heterocycles. The van der Waals surface area contributed by atoms with Gasteiger partial charge in [0.2, 0.25) is 0 Å². The molecule has 0 aliphatic heterocycles. The van der Waals surface area contributed by atoms with Crippen molar-refractivity contribution >= 4 is 37.5 Å². The van der Waals surface area contributed by atoms with Gasteiger partial charge in [-0.2, -0.15) is 0 Å². The summed E-state index contributed by atoms with van der Waals surface area (Å²) in [4.78, 5) is 10.9. The van der Waals surface area contributed by atoms with Gasteiger partial charge in [-0.15, -0.1) is 0 Å². The molecular formula is C15H21Cl2FO3Si. The molecule has 0 aliphatic carbocycles. The third kappa shape index (κ3) is 4.44. The van der Waals surface area contributed by atoms with Gasteiger partial charge in [0, 0.05) is 18.6 Å². The molecule has 0 atom stereocenters. The van der Waals surface area contributed by atoms with Crippen LogP contribution in [0.4, 0.5) is 4.39 Å². The lowest BCUT2D eigenvalue weighted by Gasteiger charge is -2.36. The Morgan fingerprint density at radius 3 is 2.32 bits per heavy atom. The smallest absolute Gasteiger partial charge is 0.308 e. The zero-order valence-electron chi connectivity index (χ0n) is 13.6. The molecule has 7 heteroatoms. The largest absolute Gasteiger partial charge is 0.423 e. The quantitative estimate of drug-likeness (QED) is 0.302. The molecule has 124 valence electrons. The van der Waals surface area contributed by atoms with Gasteiger partial charge in [-0.1, -0.05) is 44.0 Å². The monoisotopic (exact) mass is 366 g/mol. The van der Waals surface area contributed by atoms with Crippen LogP contribution in [0.25, 0.3) is 0 Å². The Morgan fingerprint density at radius 2 is 1.86 bits per heavy atom. The summed E-state index contributed by atoms with van der Waals surface area (Å²) in [5.41, 5.74) is 0.363. The SMILES string of the molecule is CC(=O)Oc1cc(Cl)c(CO[Si](C)(C)C(C)(C)C)c(Cl)c1F. The zero-order chi connectivity index (χ0) is 17.3. The Hall–Kier alpha value is -0.623. The van der Waals surface area contributed by atoms with Crippen LogP contribution >= 0.6 is 23.2 Å². The van der Waals surface area contributed by atoms with Crippen molar-refractivity contribution in [2.75, 3.05) is 0 Å². The molecule has 1 aromatic rings. The summed E-state index contributed by atoms with van der Waals surface area (Å²) >= 11 is 12.1. The van der Waals surface area contributed by atoms with Crippen LogP contribution in [0.2, 0.25) is 28.2 Å². The van der Waals surface area contributed by atoms with Gasteiger partial charge in [0.05, 0.1) is 16.7 Å². The lowest BCUT2D eigenvalue weighted by atomic mass is 10.2. The maximum absolute atomic E-state index is 14.1. The van der Waals surface area contributed by atoms with Gasteiger partial charge >= 0.3 is 5.97 Å². The highest BCUT2D eigenvalue weighted by Gasteiger charge is 2.37. The third-order valence-electron chi connectivity index (χ3n) is 3.86. The first-order valence-corrected chi connectivity index (χ1v) is 10.5. The van der Waals surface area contributed by atoms with E-state index in [9.17, 15) is 9.18 Å². The first kappa shape index (κ1) is 19.4. The highest BCUT2D eigenvalue weighted by molar-refractivity contribution is 6.74. The maximum Gasteiger partial charge on any atom is 0.308 e. The molecule has 1 rings (SSSR count). The Balaban J connectivity index is 3.08. The zero-order valence-corrected chi connectivity index (χ0v) is 16.2. The van der Waals surface area contributed by atoms with Crippen LogP contribution in [0.3, 0.4) is 0 Å². The first-order valence-electron chi connectivity index (χ1n) is 6.85. The lowest BCUT2D eigenvalue weighted by Crippen LogP contribution is -2.40. The molecule has 0 saturated carbocycles. The summed E-state index contributed by atoms with van der Waals surface area (Å²) in [6.45, 7) is 11.8. The maximum atomic E-state index is 14.1. The van der Waals surface area contributed by atoms with E-state index < -0.39 is 20.1 Å². The Kier molecular flexibility index (Phi) is 6.06. The summed E-state index contributed by atoms with van der Waals surface area (Å²) < 4.78 is 24.9. The van der Waals surface area contributed by atoms with Crippen LogP contribution in [0, 0.1) is 5.82 Å². The summed E-state index contributed by atoms with van der Waals surface area (Å²) in [5, 5.41) is 0.0474. The van der Waals surface area contributed by atoms with Gasteiger partial charge in [0.15, 0.2) is 19.9 Å². The molecule has 0 spiro atoms.